The number of nitrogens with zero attached hydrogens (tertiary/aromatic N) is 1. The second-order valence-corrected chi connectivity index (χ2v) is 8.23. The van der Waals surface area contributed by atoms with E-state index in [1.807, 2.05) is 0 Å². The average molecular weight is 502 g/mol. The van der Waals surface area contributed by atoms with Crippen molar-refractivity contribution in [2.75, 3.05) is 19.1 Å². The number of ether oxygens (including phenoxy) is 2. The number of aliphatic hydroxyl groups is 1. The maximum atomic E-state index is 13.7. The molecule has 0 spiro atoms. The Morgan fingerprint density at radius 2 is 1.65 bits per heavy atom. The molecule has 1 aliphatic rings. The normalized spacial score (nSPS) is 17.2. The number of rotatable bonds is 5. The number of carbonyl (C=O) groups excluding carboxylic acids is 2. The number of aliphatic hydroxyl groups excluding tert-OH is 1. The van der Waals surface area contributed by atoms with Crippen LogP contribution in [0.1, 0.15) is 17.2 Å². The number of benzene rings is 3. The number of anilines is 1. The van der Waals surface area contributed by atoms with Crippen molar-refractivity contribution in [1.82, 2.24) is 0 Å². The van der Waals surface area contributed by atoms with E-state index in [1.54, 1.807) is 18.2 Å². The molecule has 0 bridgehead atoms. The molecular weight excluding hydrogens is 484 g/mol. The van der Waals surface area contributed by atoms with Crippen LogP contribution in [0.15, 0.2) is 66.2 Å². The van der Waals surface area contributed by atoms with Gasteiger partial charge in [-0.05, 0) is 42.0 Å². The fraction of sp³-hybridized carbons (Fsp3) is 0.120. The predicted octanol–water partition coefficient (Wildman–Crippen LogP) is 5.78. The van der Waals surface area contributed by atoms with Crippen molar-refractivity contribution in [2.45, 2.75) is 6.04 Å². The molecular formula is C25H18Cl2FNO5. The molecule has 9 heteroatoms. The first-order valence-corrected chi connectivity index (χ1v) is 10.8. The zero-order valence-corrected chi connectivity index (χ0v) is 19.5. The molecule has 174 valence electrons. The van der Waals surface area contributed by atoms with Crippen LogP contribution in [-0.2, 0) is 9.59 Å². The zero-order valence-electron chi connectivity index (χ0n) is 18.0. The summed E-state index contributed by atoms with van der Waals surface area (Å²) in [6.45, 7) is 0. The molecule has 0 aliphatic carbocycles. The van der Waals surface area contributed by atoms with Gasteiger partial charge in [0.1, 0.15) is 23.1 Å². The quantitative estimate of drug-likeness (QED) is 0.272. The van der Waals surface area contributed by atoms with Gasteiger partial charge in [-0.15, -0.1) is 0 Å². The minimum atomic E-state index is -1.06. The number of ketones is 1. The van der Waals surface area contributed by atoms with E-state index in [4.69, 9.17) is 32.7 Å². The van der Waals surface area contributed by atoms with E-state index in [1.165, 1.54) is 61.6 Å². The number of carbonyl (C=O) groups is 2. The van der Waals surface area contributed by atoms with E-state index in [-0.39, 0.29) is 27.7 Å². The van der Waals surface area contributed by atoms with E-state index in [0.717, 1.165) is 0 Å². The summed E-state index contributed by atoms with van der Waals surface area (Å²) in [5, 5.41) is 11.9. The van der Waals surface area contributed by atoms with Gasteiger partial charge < -0.3 is 14.6 Å². The van der Waals surface area contributed by atoms with Crippen LogP contribution >= 0.6 is 23.2 Å². The van der Waals surface area contributed by atoms with Crippen LogP contribution in [0.25, 0.3) is 5.76 Å². The summed E-state index contributed by atoms with van der Waals surface area (Å²) in [5.41, 5.74) is 0.630. The third-order valence-electron chi connectivity index (χ3n) is 5.45. The standard InChI is InChI=1S/C25H18Cl2FNO5/c1-33-19-12-18(27)20(34-2)11-17(19)23(30)21-22(13-6-8-15(28)9-7-13)29(25(32)24(21)31)16-5-3-4-14(26)10-16/h3-12,22,30H,1-2H3/b23-21+. The molecule has 3 aromatic carbocycles. The van der Waals surface area contributed by atoms with Crippen LogP contribution in [0.5, 0.6) is 11.5 Å². The highest BCUT2D eigenvalue weighted by molar-refractivity contribution is 6.52. The van der Waals surface area contributed by atoms with E-state index < -0.39 is 29.3 Å². The van der Waals surface area contributed by atoms with Gasteiger partial charge in [0, 0.05) is 16.8 Å². The molecule has 1 atom stereocenters. The molecule has 1 saturated heterocycles. The summed E-state index contributed by atoms with van der Waals surface area (Å²) in [6, 6.07) is 13.5. The molecule has 0 aromatic heterocycles. The molecule has 0 saturated carbocycles. The number of halogens is 3. The van der Waals surface area contributed by atoms with E-state index >= 15 is 0 Å². The van der Waals surface area contributed by atoms with Gasteiger partial charge in [-0.3, -0.25) is 14.5 Å². The second kappa shape index (κ2) is 9.37. The molecule has 1 aliphatic heterocycles. The molecule has 6 nitrogen and oxygen atoms in total. The third kappa shape index (κ3) is 4.08. The lowest BCUT2D eigenvalue weighted by Crippen LogP contribution is -2.29. The van der Waals surface area contributed by atoms with Gasteiger partial charge in [0.2, 0.25) is 0 Å². The van der Waals surface area contributed by atoms with Gasteiger partial charge in [0.25, 0.3) is 11.7 Å². The summed E-state index contributed by atoms with van der Waals surface area (Å²) in [6.07, 6.45) is 0. The molecule has 1 heterocycles. The summed E-state index contributed by atoms with van der Waals surface area (Å²) < 4.78 is 24.2. The van der Waals surface area contributed by atoms with Crippen molar-refractivity contribution in [3.63, 3.8) is 0 Å². The molecule has 34 heavy (non-hydrogen) atoms. The van der Waals surface area contributed by atoms with Crippen LogP contribution in [0.3, 0.4) is 0 Å². The lowest BCUT2D eigenvalue weighted by molar-refractivity contribution is -0.132. The summed E-state index contributed by atoms with van der Waals surface area (Å²) in [7, 11) is 2.77. The van der Waals surface area contributed by atoms with Crippen molar-refractivity contribution in [3.05, 3.63) is 93.2 Å². The predicted molar refractivity (Wildman–Crippen MR) is 127 cm³/mol. The number of Topliss-reactive ketones (excluding diaryl/α,β-unsaturated/α-hetero) is 1. The fourth-order valence-corrected chi connectivity index (χ4v) is 4.29. The Hall–Kier alpha value is -3.55. The van der Waals surface area contributed by atoms with E-state index in [0.29, 0.717) is 16.3 Å². The number of amides is 1. The highest BCUT2D eigenvalue weighted by Gasteiger charge is 2.47. The summed E-state index contributed by atoms with van der Waals surface area (Å²) in [5.74, 6) is -2.40. The van der Waals surface area contributed by atoms with Crippen molar-refractivity contribution >= 4 is 46.3 Å². The fourth-order valence-electron chi connectivity index (χ4n) is 3.88. The van der Waals surface area contributed by atoms with E-state index in [9.17, 15) is 19.1 Å². The Labute approximate surface area is 204 Å². The molecule has 1 N–H and O–H groups in total. The maximum Gasteiger partial charge on any atom is 0.300 e. The Morgan fingerprint density at radius 3 is 2.26 bits per heavy atom. The first kappa shape index (κ1) is 23.6. The Kier molecular flexibility index (Phi) is 6.50. The molecule has 4 rings (SSSR count). The molecule has 1 unspecified atom stereocenters. The topological polar surface area (TPSA) is 76.1 Å². The monoisotopic (exact) mass is 501 g/mol. The van der Waals surface area contributed by atoms with Crippen molar-refractivity contribution in [1.29, 1.82) is 0 Å². The first-order chi connectivity index (χ1) is 16.3. The SMILES string of the molecule is COc1cc(/C(O)=C2\C(=O)C(=O)N(c3cccc(Cl)c3)C2c2ccc(F)cc2)c(OC)cc1Cl. The maximum absolute atomic E-state index is 13.7. The van der Waals surface area contributed by atoms with Crippen LogP contribution in [0.4, 0.5) is 10.1 Å². The van der Waals surface area contributed by atoms with Gasteiger partial charge in [-0.25, -0.2) is 4.39 Å². The average Bonchev–Trinajstić information content (AvgIpc) is 3.09. The molecule has 1 amide bonds. The third-order valence-corrected chi connectivity index (χ3v) is 5.98. The minimum absolute atomic E-state index is 0.0972. The van der Waals surface area contributed by atoms with Crippen molar-refractivity contribution in [3.8, 4) is 11.5 Å². The van der Waals surface area contributed by atoms with Gasteiger partial charge in [-0.2, -0.15) is 0 Å². The van der Waals surface area contributed by atoms with Crippen LogP contribution in [0.2, 0.25) is 10.0 Å². The van der Waals surface area contributed by atoms with Crippen LogP contribution < -0.4 is 14.4 Å². The van der Waals surface area contributed by atoms with Gasteiger partial charge in [0.05, 0.1) is 36.4 Å². The second-order valence-electron chi connectivity index (χ2n) is 7.39. The molecule has 0 radical (unpaired) electrons. The largest absolute Gasteiger partial charge is 0.507 e. The molecule has 1 fully saturated rings. The smallest absolute Gasteiger partial charge is 0.300 e. The Morgan fingerprint density at radius 1 is 0.971 bits per heavy atom. The number of methoxy groups -OCH3 is 2. The minimum Gasteiger partial charge on any atom is -0.507 e. The van der Waals surface area contributed by atoms with Gasteiger partial charge in [-0.1, -0.05) is 41.4 Å². The summed E-state index contributed by atoms with van der Waals surface area (Å²) in [4.78, 5) is 27.6. The zero-order chi connectivity index (χ0) is 24.6. The van der Waals surface area contributed by atoms with Crippen molar-refractivity contribution in [2.24, 2.45) is 0 Å². The van der Waals surface area contributed by atoms with Crippen molar-refractivity contribution < 1.29 is 28.6 Å². The Bertz CT molecular complexity index is 1320. The number of hydrogen-bond donors (Lipinski definition) is 1. The van der Waals surface area contributed by atoms with Crippen LogP contribution in [0, 0.1) is 5.82 Å². The number of hydrogen-bond acceptors (Lipinski definition) is 5. The Balaban J connectivity index is 2.00. The van der Waals surface area contributed by atoms with Gasteiger partial charge >= 0.3 is 0 Å². The lowest BCUT2D eigenvalue weighted by atomic mass is 9.94. The first-order valence-electron chi connectivity index (χ1n) is 10.0. The van der Waals surface area contributed by atoms with E-state index in [2.05, 4.69) is 0 Å². The lowest BCUT2D eigenvalue weighted by Gasteiger charge is -2.25. The highest BCUT2D eigenvalue weighted by Crippen LogP contribution is 2.45. The summed E-state index contributed by atoms with van der Waals surface area (Å²) >= 11 is 12.3. The van der Waals surface area contributed by atoms with Gasteiger partial charge in [0.15, 0.2) is 0 Å². The molecule has 3 aromatic rings. The highest BCUT2D eigenvalue weighted by atomic mass is 35.5. The van der Waals surface area contributed by atoms with Crippen LogP contribution in [-0.4, -0.2) is 31.0 Å².